The summed E-state index contributed by atoms with van der Waals surface area (Å²) in [4.78, 5) is 12.2. The fourth-order valence-corrected chi connectivity index (χ4v) is 3.19. The Morgan fingerprint density at radius 2 is 1.62 bits per heavy atom. The molecular weight excluding hydrogens is 287 g/mol. The van der Waals surface area contributed by atoms with Crippen LogP contribution in [0.2, 0.25) is 0 Å². The highest BCUT2D eigenvalue weighted by atomic mass is 31.2. The maximum Gasteiger partial charge on any atom is 0.337 e. The summed E-state index contributed by atoms with van der Waals surface area (Å²) < 4.78 is 21.6. The van der Waals surface area contributed by atoms with E-state index >= 15 is 0 Å². The van der Waals surface area contributed by atoms with E-state index in [9.17, 15) is 9.36 Å². The average Bonchev–Trinajstić information content (AvgIpc) is 2.46. The summed E-state index contributed by atoms with van der Waals surface area (Å²) in [6, 6.07) is 8.02. The Balaban J connectivity index is 2.76. The van der Waals surface area contributed by atoms with E-state index in [-0.39, 0.29) is 17.9 Å². The van der Waals surface area contributed by atoms with Crippen molar-refractivity contribution in [1.82, 2.24) is 0 Å². The molecule has 4 nitrogen and oxygen atoms in total. The molecule has 0 amide bonds. The second-order valence-corrected chi connectivity index (χ2v) is 7.93. The van der Waals surface area contributed by atoms with Crippen molar-refractivity contribution in [1.29, 1.82) is 0 Å². The number of carbonyl (C=O) groups is 1. The van der Waals surface area contributed by atoms with Crippen molar-refractivity contribution in [2.24, 2.45) is 5.92 Å². The van der Waals surface area contributed by atoms with Gasteiger partial charge in [0.05, 0.1) is 0 Å². The molecule has 0 heterocycles. The van der Waals surface area contributed by atoms with Gasteiger partial charge in [-0.3, -0.25) is 9.36 Å². The van der Waals surface area contributed by atoms with Crippen molar-refractivity contribution in [3.63, 3.8) is 0 Å². The van der Waals surface area contributed by atoms with Gasteiger partial charge < -0.3 is 9.05 Å². The number of ketones is 1. The Morgan fingerprint density at radius 3 is 2.05 bits per heavy atom. The third-order valence-electron chi connectivity index (χ3n) is 3.51. The van der Waals surface area contributed by atoms with E-state index in [0.29, 0.717) is 5.92 Å². The Hall–Kier alpha value is -0.960. The number of rotatable bonds is 8. The minimum atomic E-state index is -3.29. The van der Waals surface area contributed by atoms with E-state index < -0.39 is 7.60 Å². The van der Waals surface area contributed by atoms with Crippen molar-refractivity contribution in [2.45, 2.75) is 33.1 Å². The van der Waals surface area contributed by atoms with Crippen LogP contribution in [0.5, 0.6) is 0 Å². The summed E-state index contributed by atoms with van der Waals surface area (Å²) in [5.41, 5.74) is 2.18. The first-order valence-electron chi connectivity index (χ1n) is 7.13. The van der Waals surface area contributed by atoms with Gasteiger partial charge in [-0.15, -0.1) is 0 Å². The maximum absolute atomic E-state index is 12.2. The lowest BCUT2D eigenvalue weighted by Gasteiger charge is -2.16. The lowest BCUT2D eigenvalue weighted by Crippen LogP contribution is -2.15. The average molecular weight is 312 g/mol. The molecule has 1 rings (SSSR count). The second kappa shape index (κ2) is 7.88. The van der Waals surface area contributed by atoms with Gasteiger partial charge in [0.1, 0.15) is 6.16 Å². The zero-order chi connectivity index (χ0) is 16.0. The van der Waals surface area contributed by atoms with E-state index in [1.54, 1.807) is 0 Å². The molecule has 0 aliphatic rings. The van der Waals surface area contributed by atoms with Gasteiger partial charge in [0.2, 0.25) is 0 Å². The highest BCUT2D eigenvalue weighted by molar-refractivity contribution is 7.54. The van der Waals surface area contributed by atoms with E-state index in [1.165, 1.54) is 19.8 Å². The van der Waals surface area contributed by atoms with Crippen molar-refractivity contribution in [3.05, 3.63) is 35.4 Å². The number of hydrogen-bond acceptors (Lipinski definition) is 4. The SMILES string of the molecule is COP(=O)(CC(=O)C(C)c1ccc(CC(C)C)cc1)OC. The van der Waals surface area contributed by atoms with Gasteiger partial charge in [0.15, 0.2) is 5.78 Å². The quantitative estimate of drug-likeness (QED) is 0.680. The Kier molecular flexibility index (Phi) is 6.79. The van der Waals surface area contributed by atoms with Crippen LogP contribution in [0.25, 0.3) is 0 Å². The highest BCUT2D eigenvalue weighted by Gasteiger charge is 2.28. The monoisotopic (exact) mass is 312 g/mol. The van der Waals surface area contributed by atoms with Gasteiger partial charge in [-0.05, 0) is 23.5 Å². The fourth-order valence-electron chi connectivity index (χ4n) is 2.13. The van der Waals surface area contributed by atoms with Gasteiger partial charge >= 0.3 is 7.60 Å². The topological polar surface area (TPSA) is 52.6 Å². The molecule has 0 aliphatic carbocycles. The summed E-state index contributed by atoms with van der Waals surface area (Å²) in [7, 11) is -0.700. The molecule has 0 radical (unpaired) electrons. The summed E-state index contributed by atoms with van der Waals surface area (Å²) in [5, 5.41) is 0. The largest absolute Gasteiger partial charge is 0.337 e. The number of Topliss-reactive ketones (excluding diaryl/α,β-unsaturated/α-hetero) is 1. The number of benzene rings is 1. The van der Waals surface area contributed by atoms with Gasteiger partial charge in [-0.2, -0.15) is 0 Å². The first-order chi connectivity index (χ1) is 9.81. The summed E-state index contributed by atoms with van der Waals surface area (Å²) in [6.45, 7) is 6.16. The molecule has 118 valence electrons. The molecule has 0 spiro atoms. The zero-order valence-corrected chi connectivity index (χ0v) is 14.4. The van der Waals surface area contributed by atoms with Crippen LogP contribution in [0.3, 0.4) is 0 Å². The van der Waals surface area contributed by atoms with Crippen LogP contribution in [-0.2, 0) is 24.8 Å². The summed E-state index contributed by atoms with van der Waals surface area (Å²) in [6.07, 6.45) is 0.820. The molecule has 0 bridgehead atoms. The molecule has 1 atom stereocenters. The van der Waals surface area contributed by atoms with Gasteiger partial charge in [-0.1, -0.05) is 45.0 Å². The predicted octanol–water partition coefficient (Wildman–Crippen LogP) is 4.04. The molecule has 0 N–H and O–H groups in total. The predicted molar refractivity (Wildman–Crippen MR) is 84.9 cm³/mol. The minimum absolute atomic E-state index is 0.140. The van der Waals surface area contributed by atoms with Crippen LogP contribution in [0.4, 0.5) is 0 Å². The van der Waals surface area contributed by atoms with Gasteiger partial charge in [0.25, 0.3) is 0 Å². The van der Waals surface area contributed by atoms with Gasteiger partial charge in [0, 0.05) is 20.1 Å². The molecule has 1 aromatic carbocycles. The lowest BCUT2D eigenvalue weighted by atomic mass is 9.94. The number of carbonyl (C=O) groups excluding carboxylic acids is 1. The minimum Gasteiger partial charge on any atom is -0.312 e. The molecule has 21 heavy (non-hydrogen) atoms. The maximum atomic E-state index is 12.2. The fraction of sp³-hybridized carbons (Fsp3) is 0.562. The lowest BCUT2D eigenvalue weighted by molar-refractivity contribution is -0.118. The molecule has 0 aliphatic heterocycles. The standard InChI is InChI=1S/C16H25O4P/c1-12(2)10-14-6-8-15(9-7-14)13(3)16(17)11-21(18,19-4)20-5/h6-9,12-13H,10-11H2,1-5H3. The van der Waals surface area contributed by atoms with E-state index in [4.69, 9.17) is 9.05 Å². The van der Waals surface area contributed by atoms with Crippen LogP contribution in [0.1, 0.15) is 37.8 Å². The van der Waals surface area contributed by atoms with E-state index in [1.807, 2.05) is 31.2 Å². The van der Waals surface area contributed by atoms with E-state index in [0.717, 1.165) is 12.0 Å². The number of hydrogen-bond donors (Lipinski definition) is 0. The third-order valence-corrected chi connectivity index (χ3v) is 5.32. The molecule has 0 aromatic heterocycles. The third kappa shape index (κ3) is 5.39. The van der Waals surface area contributed by atoms with Crippen LogP contribution < -0.4 is 0 Å². The van der Waals surface area contributed by atoms with Crippen LogP contribution in [-0.4, -0.2) is 26.2 Å². The first kappa shape index (κ1) is 18.1. The van der Waals surface area contributed by atoms with Crippen molar-refractivity contribution in [3.8, 4) is 0 Å². The van der Waals surface area contributed by atoms with Gasteiger partial charge in [-0.25, -0.2) is 0 Å². The van der Waals surface area contributed by atoms with Crippen LogP contribution >= 0.6 is 7.60 Å². The zero-order valence-electron chi connectivity index (χ0n) is 13.5. The smallest absolute Gasteiger partial charge is 0.312 e. The molecule has 1 aromatic rings. The Bertz CT molecular complexity index is 500. The molecule has 0 saturated heterocycles. The first-order valence-corrected chi connectivity index (χ1v) is 8.86. The molecule has 1 unspecified atom stereocenters. The van der Waals surface area contributed by atoms with Crippen molar-refractivity contribution < 1.29 is 18.4 Å². The molecule has 0 saturated carbocycles. The Labute approximate surface area is 127 Å². The molecule has 5 heteroatoms. The van der Waals surface area contributed by atoms with Crippen molar-refractivity contribution in [2.75, 3.05) is 20.4 Å². The Morgan fingerprint density at radius 1 is 1.10 bits per heavy atom. The van der Waals surface area contributed by atoms with E-state index in [2.05, 4.69) is 13.8 Å². The summed E-state index contributed by atoms with van der Waals surface area (Å²) >= 11 is 0. The normalized spacial score (nSPS) is 13.4. The van der Waals surface area contributed by atoms with Crippen LogP contribution in [0.15, 0.2) is 24.3 Å². The van der Waals surface area contributed by atoms with Crippen LogP contribution in [0, 0.1) is 5.92 Å². The summed E-state index contributed by atoms with van der Waals surface area (Å²) in [5.74, 6) is 0.138. The second-order valence-electron chi connectivity index (χ2n) is 5.66. The van der Waals surface area contributed by atoms with Crippen molar-refractivity contribution >= 4 is 13.4 Å². The molecular formula is C16H25O4P. The molecule has 0 fully saturated rings. The highest BCUT2D eigenvalue weighted by Crippen LogP contribution is 2.47.